The minimum Gasteiger partial charge on any atom is -0.461 e. The largest absolute Gasteiger partial charge is 0.461 e. The van der Waals surface area contributed by atoms with Crippen LogP contribution in [-0.2, 0) is 4.74 Å². The van der Waals surface area contributed by atoms with Crippen LogP contribution in [0.3, 0.4) is 0 Å². The molecule has 1 aromatic heterocycles. The number of ether oxygens (including phenoxy) is 1. The van der Waals surface area contributed by atoms with Crippen molar-refractivity contribution in [3.05, 3.63) is 15.8 Å². The molecule has 0 atom stereocenters. The summed E-state index contributed by atoms with van der Waals surface area (Å²) in [5.41, 5.74) is 6.34. The zero-order chi connectivity index (χ0) is 12.0. The van der Waals surface area contributed by atoms with Crippen LogP contribution < -0.4 is 5.73 Å². The summed E-state index contributed by atoms with van der Waals surface area (Å²) in [4.78, 5) is 13.1. The molecule has 5 heteroatoms. The highest BCUT2D eigenvalue weighted by Crippen LogP contribution is 2.23. The highest BCUT2D eigenvalue weighted by molar-refractivity contribution is 7.99. The van der Waals surface area contributed by atoms with E-state index in [1.165, 1.54) is 11.3 Å². The van der Waals surface area contributed by atoms with Crippen LogP contribution in [0.2, 0.25) is 0 Å². The lowest BCUT2D eigenvalue weighted by Gasteiger charge is -2.02. The molecule has 0 saturated carbocycles. The van der Waals surface area contributed by atoms with Crippen LogP contribution in [0.15, 0.2) is 6.07 Å². The average Bonchev–Trinajstić information content (AvgIpc) is 2.59. The molecule has 90 valence electrons. The second-order valence-corrected chi connectivity index (χ2v) is 5.96. The third kappa shape index (κ3) is 4.06. The number of thiophene rings is 1. The summed E-state index contributed by atoms with van der Waals surface area (Å²) in [6.45, 7) is 4.51. The van der Waals surface area contributed by atoms with Crippen LogP contribution in [0.4, 0.5) is 5.69 Å². The Morgan fingerprint density at radius 2 is 2.38 bits per heavy atom. The molecule has 3 nitrogen and oxygen atoms in total. The van der Waals surface area contributed by atoms with Crippen LogP contribution in [-0.4, -0.2) is 24.1 Å². The van der Waals surface area contributed by atoms with Gasteiger partial charge in [-0.1, -0.05) is 6.92 Å². The van der Waals surface area contributed by atoms with Crippen molar-refractivity contribution in [1.82, 2.24) is 0 Å². The van der Waals surface area contributed by atoms with E-state index in [2.05, 4.69) is 6.92 Å². The third-order valence-corrected chi connectivity index (χ3v) is 4.06. The summed E-state index contributed by atoms with van der Waals surface area (Å²) < 4.78 is 5.15. The fraction of sp³-hybridized carbons (Fsp3) is 0.545. The van der Waals surface area contributed by atoms with Gasteiger partial charge in [0.25, 0.3) is 0 Å². The molecule has 0 bridgehead atoms. The van der Waals surface area contributed by atoms with E-state index < -0.39 is 0 Å². The molecule has 1 aromatic rings. The lowest BCUT2D eigenvalue weighted by Crippen LogP contribution is -2.05. The zero-order valence-electron chi connectivity index (χ0n) is 9.62. The van der Waals surface area contributed by atoms with E-state index in [1.807, 2.05) is 18.7 Å². The number of hydrogen-bond acceptors (Lipinski definition) is 5. The highest BCUT2D eigenvalue weighted by atomic mass is 32.2. The third-order valence-electron chi connectivity index (χ3n) is 2.03. The molecule has 1 rings (SSSR count). The molecule has 0 aliphatic heterocycles. The van der Waals surface area contributed by atoms with Gasteiger partial charge in [-0.15, -0.1) is 11.3 Å². The molecule has 0 amide bonds. The molecule has 1 heterocycles. The van der Waals surface area contributed by atoms with E-state index in [9.17, 15) is 4.79 Å². The molecule has 0 spiro atoms. The first kappa shape index (κ1) is 13.4. The zero-order valence-corrected chi connectivity index (χ0v) is 11.2. The van der Waals surface area contributed by atoms with Crippen LogP contribution in [0.5, 0.6) is 0 Å². The van der Waals surface area contributed by atoms with Gasteiger partial charge in [-0.3, -0.25) is 0 Å². The van der Waals surface area contributed by atoms with Crippen molar-refractivity contribution in [3.8, 4) is 0 Å². The van der Waals surface area contributed by atoms with Gasteiger partial charge < -0.3 is 10.5 Å². The Morgan fingerprint density at radius 1 is 1.62 bits per heavy atom. The van der Waals surface area contributed by atoms with Gasteiger partial charge in [0.05, 0.1) is 6.61 Å². The van der Waals surface area contributed by atoms with Gasteiger partial charge >= 0.3 is 5.97 Å². The maximum atomic E-state index is 11.6. The Morgan fingerprint density at radius 3 is 2.94 bits per heavy atom. The van der Waals surface area contributed by atoms with Crippen molar-refractivity contribution in [2.45, 2.75) is 20.3 Å². The quantitative estimate of drug-likeness (QED) is 0.630. The van der Waals surface area contributed by atoms with Crippen molar-refractivity contribution in [2.24, 2.45) is 0 Å². The number of hydrogen-bond donors (Lipinski definition) is 1. The fourth-order valence-corrected chi connectivity index (χ4v) is 2.58. The second kappa shape index (κ2) is 6.81. The van der Waals surface area contributed by atoms with E-state index in [0.29, 0.717) is 17.2 Å². The Hall–Kier alpha value is -0.680. The standard InChI is InChI=1S/C11H17NO2S2/c1-3-15-6-4-5-14-11(13)10-7-9(12)8(2)16-10/h7H,3-6,12H2,1-2H3. The smallest absolute Gasteiger partial charge is 0.348 e. The molecule has 0 aromatic carbocycles. The van der Waals surface area contributed by atoms with Gasteiger partial charge in [-0.2, -0.15) is 11.8 Å². The SMILES string of the molecule is CCSCCCOC(=O)c1cc(N)c(C)s1. The number of thioether (sulfide) groups is 1. The highest BCUT2D eigenvalue weighted by Gasteiger charge is 2.11. The summed E-state index contributed by atoms with van der Waals surface area (Å²) in [7, 11) is 0. The summed E-state index contributed by atoms with van der Waals surface area (Å²) in [6, 6.07) is 1.68. The first-order valence-electron chi connectivity index (χ1n) is 5.26. The van der Waals surface area contributed by atoms with Gasteiger partial charge in [0.1, 0.15) is 4.88 Å². The predicted molar refractivity (Wildman–Crippen MR) is 71.4 cm³/mol. The van der Waals surface area contributed by atoms with E-state index in [0.717, 1.165) is 22.8 Å². The molecule has 0 aliphatic carbocycles. The number of aryl methyl sites for hydroxylation is 1. The first-order chi connectivity index (χ1) is 7.65. The van der Waals surface area contributed by atoms with E-state index >= 15 is 0 Å². The Kier molecular flexibility index (Phi) is 5.69. The normalized spacial score (nSPS) is 10.4. The topological polar surface area (TPSA) is 52.3 Å². The summed E-state index contributed by atoms with van der Waals surface area (Å²) in [6.07, 6.45) is 0.907. The lowest BCUT2D eigenvalue weighted by molar-refractivity contribution is 0.0512. The minimum atomic E-state index is -0.258. The van der Waals surface area contributed by atoms with E-state index in [1.54, 1.807) is 6.07 Å². The molecular formula is C11H17NO2S2. The van der Waals surface area contributed by atoms with Crippen molar-refractivity contribution in [3.63, 3.8) is 0 Å². The first-order valence-corrected chi connectivity index (χ1v) is 7.23. The van der Waals surface area contributed by atoms with Gasteiger partial charge in [-0.05, 0) is 30.9 Å². The molecule has 0 aliphatic rings. The Labute approximate surface area is 104 Å². The van der Waals surface area contributed by atoms with Crippen molar-refractivity contribution >= 4 is 34.8 Å². The summed E-state index contributed by atoms with van der Waals surface area (Å²) in [5, 5.41) is 0. The van der Waals surface area contributed by atoms with Gasteiger partial charge in [0.2, 0.25) is 0 Å². The summed E-state index contributed by atoms with van der Waals surface area (Å²) in [5.74, 6) is 1.88. The number of carbonyl (C=O) groups excluding carboxylic acids is 1. The molecular weight excluding hydrogens is 242 g/mol. The molecule has 0 radical (unpaired) electrons. The maximum absolute atomic E-state index is 11.6. The number of rotatable bonds is 6. The number of esters is 1. The van der Waals surface area contributed by atoms with Crippen LogP contribution >= 0.6 is 23.1 Å². The number of anilines is 1. The van der Waals surface area contributed by atoms with Crippen LogP contribution in [0.1, 0.15) is 27.9 Å². The molecule has 16 heavy (non-hydrogen) atoms. The summed E-state index contributed by atoms with van der Waals surface area (Å²) >= 11 is 3.24. The molecule has 2 N–H and O–H groups in total. The molecule has 0 saturated heterocycles. The van der Waals surface area contributed by atoms with E-state index in [-0.39, 0.29) is 5.97 Å². The predicted octanol–water partition coefficient (Wildman–Crippen LogP) is 2.94. The Balaban J connectivity index is 2.30. The maximum Gasteiger partial charge on any atom is 0.348 e. The minimum absolute atomic E-state index is 0.258. The van der Waals surface area contributed by atoms with Crippen molar-refractivity contribution in [2.75, 3.05) is 23.8 Å². The van der Waals surface area contributed by atoms with Gasteiger partial charge in [-0.25, -0.2) is 4.79 Å². The van der Waals surface area contributed by atoms with Crippen LogP contribution in [0.25, 0.3) is 0 Å². The number of nitrogens with two attached hydrogens (primary N) is 1. The fourth-order valence-electron chi connectivity index (χ4n) is 1.14. The Bertz CT molecular complexity index is 330. The van der Waals surface area contributed by atoms with Crippen molar-refractivity contribution < 1.29 is 9.53 Å². The lowest BCUT2D eigenvalue weighted by atomic mass is 10.4. The average molecular weight is 259 g/mol. The number of carbonyl (C=O) groups is 1. The monoisotopic (exact) mass is 259 g/mol. The van der Waals surface area contributed by atoms with Gasteiger partial charge in [0.15, 0.2) is 0 Å². The van der Waals surface area contributed by atoms with Crippen LogP contribution in [0, 0.1) is 6.92 Å². The van der Waals surface area contributed by atoms with Crippen molar-refractivity contribution in [1.29, 1.82) is 0 Å². The molecule has 0 fully saturated rings. The van der Waals surface area contributed by atoms with E-state index in [4.69, 9.17) is 10.5 Å². The second-order valence-electron chi connectivity index (χ2n) is 3.31. The van der Waals surface area contributed by atoms with Gasteiger partial charge in [0, 0.05) is 10.6 Å². The molecule has 0 unspecified atom stereocenters. The number of nitrogen functional groups attached to an aromatic ring is 1.